The number of hydrogen-bond acceptors (Lipinski definition) is 2. The van der Waals surface area contributed by atoms with E-state index in [0.717, 1.165) is 6.42 Å². The van der Waals surface area contributed by atoms with E-state index < -0.39 is 24.1 Å². The maximum atomic E-state index is 13.0. The number of nitrogens with two attached hydrogens (primary N) is 1. The maximum absolute atomic E-state index is 13.0. The van der Waals surface area contributed by atoms with Crippen LogP contribution in [0.25, 0.3) is 0 Å². The summed E-state index contributed by atoms with van der Waals surface area (Å²) in [5.74, 6) is -1.84. The highest BCUT2D eigenvalue weighted by Gasteiger charge is 2.47. The Hall–Kier alpha value is -1.04. The van der Waals surface area contributed by atoms with Crippen molar-refractivity contribution >= 4 is 0 Å². The molecule has 1 aromatic rings. The molecule has 0 saturated heterocycles. The van der Waals surface area contributed by atoms with E-state index >= 15 is 0 Å². The quantitative estimate of drug-likeness (QED) is 0.889. The molecule has 102 valence electrons. The molecule has 3 atom stereocenters. The topological polar surface area (TPSA) is 43.8 Å². The van der Waals surface area contributed by atoms with Gasteiger partial charge in [0.2, 0.25) is 0 Å². The molecule has 1 aliphatic carbocycles. The minimum atomic E-state index is -4.16. The van der Waals surface area contributed by atoms with Crippen LogP contribution in [0, 0.1) is 11.8 Å². The molecule has 1 aliphatic rings. The van der Waals surface area contributed by atoms with Gasteiger partial charge < -0.3 is 10.3 Å². The van der Waals surface area contributed by atoms with Crippen LogP contribution in [0.5, 0.6) is 0 Å². The van der Waals surface area contributed by atoms with Crippen molar-refractivity contribution in [2.24, 2.45) is 24.6 Å². The molecular formula is C12H18F3N3. The monoisotopic (exact) mass is 261 g/mol. The number of rotatable bonds is 2. The van der Waals surface area contributed by atoms with Gasteiger partial charge in [-0.25, -0.2) is 4.98 Å². The second kappa shape index (κ2) is 4.91. The van der Waals surface area contributed by atoms with Crippen LogP contribution in [0.2, 0.25) is 0 Å². The Morgan fingerprint density at radius 2 is 2.06 bits per heavy atom. The van der Waals surface area contributed by atoms with Crippen LogP contribution >= 0.6 is 0 Å². The minimum absolute atomic E-state index is 0.189. The van der Waals surface area contributed by atoms with E-state index in [2.05, 4.69) is 4.98 Å². The molecular weight excluding hydrogens is 243 g/mol. The zero-order valence-corrected chi connectivity index (χ0v) is 10.3. The Labute approximate surface area is 104 Å². The van der Waals surface area contributed by atoms with Crippen LogP contribution in [0.1, 0.15) is 37.4 Å². The lowest BCUT2D eigenvalue weighted by Crippen LogP contribution is -2.39. The van der Waals surface area contributed by atoms with Crippen LogP contribution < -0.4 is 5.73 Å². The normalized spacial score (nSPS) is 27.2. The molecule has 18 heavy (non-hydrogen) atoms. The number of aromatic nitrogens is 2. The fourth-order valence-electron chi connectivity index (χ4n) is 2.82. The zero-order chi connectivity index (χ0) is 13.3. The van der Waals surface area contributed by atoms with E-state index in [9.17, 15) is 13.2 Å². The second-order valence-electron chi connectivity index (χ2n) is 5.09. The van der Waals surface area contributed by atoms with Gasteiger partial charge in [-0.1, -0.05) is 12.8 Å². The van der Waals surface area contributed by atoms with Gasteiger partial charge in [-0.15, -0.1) is 0 Å². The summed E-state index contributed by atoms with van der Waals surface area (Å²) in [5, 5.41) is 0. The highest BCUT2D eigenvalue weighted by molar-refractivity contribution is 5.06. The van der Waals surface area contributed by atoms with E-state index in [-0.39, 0.29) is 6.42 Å². The van der Waals surface area contributed by atoms with E-state index in [1.807, 2.05) is 0 Å². The molecule has 3 nitrogen and oxygen atoms in total. The van der Waals surface area contributed by atoms with Crippen LogP contribution in [0.15, 0.2) is 12.5 Å². The first-order chi connectivity index (χ1) is 8.39. The van der Waals surface area contributed by atoms with Crippen LogP contribution in [0.3, 0.4) is 0 Å². The predicted molar refractivity (Wildman–Crippen MR) is 61.6 cm³/mol. The van der Waals surface area contributed by atoms with Gasteiger partial charge in [0.1, 0.15) is 0 Å². The highest BCUT2D eigenvalue weighted by Crippen LogP contribution is 2.45. The summed E-state index contributed by atoms with van der Waals surface area (Å²) in [6, 6.07) is -0.627. The molecule has 0 spiro atoms. The third-order valence-corrected chi connectivity index (χ3v) is 3.77. The average molecular weight is 261 g/mol. The van der Waals surface area contributed by atoms with Gasteiger partial charge in [0.05, 0.1) is 24.0 Å². The molecule has 1 heterocycles. The Bertz CT molecular complexity index is 400. The Kier molecular flexibility index (Phi) is 3.66. The second-order valence-corrected chi connectivity index (χ2v) is 5.09. The van der Waals surface area contributed by atoms with Gasteiger partial charge in [0.25, 0.3) is 0 Å². The SMILES string of the molecule is Cn1cnc(C(N)C2CCCCC2C(F)(F)F)c1. The van der Waals surface area contributed by atoms with Crippen molar-refractivity contribution in [3.8, 4) is 0 Å². The molecule has 0 aromatic carbocycles. The van der Waals surface area contributed by atoms with Crippen molar-refractivity contribution in [3.63, 3.8) is 0 Å². The van der Waals surface area contributed by atoms with E-state index in [4.69, 9.17) is 5.73 Å². The first-order valence-corrected chi connectivity index (χ1v) is 6.19. The van der Waals surface area contributed by atoms with Crippen molar-refractivity contribution < 1.29 is 13.2 Å². The Balaban J connectivity index is 2.18. The van der Waals surface area contributed by atoms with Gasteiger partial charge in [0.15, 0.2) is 0 Å². The van der Waals surface area contributed by atoms with Crippen LogP contribution in [0.4, 0.5) is 13.2 Å². The van der Waals surface area contributed by atoms with E-state index in [1.54, 1.807) is 24.1 Å². The lowest BCUT2D eigenvalue weighted by Gasteiger charge is -2.36. The molecule has 2 rings (SSSR count). The van der Waals surface area contributed by atoms with Crippen molar-refractivity contribution in [1.82, 2.24) is 9.55 Å². The van der Waals surface area contributed by atoms with Gasteiger partial charge in [-0.3, -0.25) is 0 Å². The zero-order valence-electron chi connectivity index (χ0n) is 10.3. The number of hydrogen-bond donors (Lipinski definition) is 1. The number of aryl methyl sites for hydroxylation is 1. The molecule has 3 unspecified atom stereocenters. The molecule has 0 aliphatic heterocycles. The number of imidazole rings is 1. The first kappa shape index (κ1) is 13.4. The summed E-state index contributed by atoms with van der Waals surface area (Å²) < 4.78 is 40.7. The number of alkyl halides is 3. The average Bonchev–Trinajstić information content (AvgIpc) is 2.74. The Morgan fingerprint density at radius 3 is 2.61 bits per heavy atom. The van der Waals surface area contributed by atoms with Crippen LogP contribution in [-0.4, -0.2) is 15.7 Å². The van der Waals surface area contributed by atoms with Crippen molar-refractivity contribution in [1.29, 1.82) is 0 Å². The largest absolute Gasteiger partial charge is 0.392 e. The molecule has 2 N–H and O–H groups in total. The molecule has 1 fully saturated rings. The lowest BCUT2D eigenvalue weighted by molar-refractivity contribution is -0.198. The molecule has 0 amide bonds. The summed E-state index contributed by atoms with van der Waals surface area (Å²) in [7, 11) is 1.78. The Morgan fingerprint density at radius 1 is 1.39 bits per heavy atom. The number of halogens is 3. The summed E-state index contributed by atoms with van der Waals surface area (Å²) in [6.45, 7) is 0. The summed E-state index contributed by atoms with van der Waals surface area (Å²) >= 11 is 0. The fraction of sp³-hybridized carbons (Fsp3) is 0.750. The minimum Gasteiger partial charge on any atom is -0.340 e. The number of nitrogens with zero attached hydrogens (tertiary/aromatic N) is 2. The van der Waals surface area contributed by atoms with Gasteiger partial charge in [0, 0.05) is 13.2 Å². The molecule has 1 saturated carbocycles. The molecule has 0 radical (unpaired) electrons. The first-order valence-electron chi connectivity index (χ1n) is 6.19. The highest BCUT2D eigenvalue weighted by atomic mass is 19.4. The van der Waals surface area contributed by atoms with Gasteiger partial charge >= 0.3 is 6.18 Å². The standard InChI is InChI=1S/C12H18F3N3/c1-18-6-10(17-7-18)11(16)8-4-2-3-5-9(8)12(13,14)15/h6-9,11H,2-5,16H2,1H3. The summed E-state index contributed by atoms with van der Waals surface area (Å²) in [5.41, 5.74) is 6.55. The molecule has 0 bridgehead atoms. The summed E-state index contributed by atoms with van der Waals surface area (Å²) in [6.07, 6.45) is 1.29. The van der Waals surface area contributed by atoms with Crippen molar-refractivity contribution in [2.75, 3.05) is 0 Å². The maximum Gasteiger partial charge on any atom is 0.392 e. The van der Waals surface area contributed by atoms with Crippen molar-refractivity contribution in [3.05, 3.63) is 18.2 Å². The van der Waals surface area contributed by atoms with E-state index in [0.29, 0.717) is 18.5 Å². The van der Waals surface area contributed by atoms with E-state index in [1.165, 1.54) is 0 Å². The molecule has 1 aromatic heterocycles. The molecule has 6 heteroatoms. The fourth-order valence-corrected chi connectivity index (χ4v) is 2.82. The third kappa shape index (κ3) is 2.68. The smallest absolute Gasteiger partial charge is 0.340 e. The predicted octanol–water partition coefficient (Wildman–Crippen LogP) is 2.79. The summed E-state index contributed by atoms with van der Waals surface area (Å²) in [4.78, 5) is 4.08. The lowest BCUT2D eigenvalue weighted by atomic mass is 9.74. The van der Waals surface area contributed by atoms with Crippen LogP contribution in [-0.2, 0) is 7.05 Å². The third-order valence-electron chi connectivity index (χ3n) is 3.77. The van der Waals surface area contributed by atoms with Gasteiger partial charge in [-0.2, -0.15) is 13.2 Å². The van der Waals surface area contributed by atoms with Gasteiger partial charge in [-0.05, 0) is 18.8 Å². The van der Waals surface area contributed by atoms with Crippen molar-refractivity contribution in [2.45, 2.75) is 37.9 Å².